The highest BCUT2D eigenvalue weighted by Gasteiger charge is 2.18. The maximum atomic E-state index is 13.0. The zero-order valence-electron chi connectivity index (χ0n) is 15.4. The van der Waals surface area contributed by atoms with E-state index in [4.69, 9.17) is 0 Å². The average molecular weight is 345 g/mol. The number of para-hydroxylation sites is 1. The number of aromatic nitrogens is 1. The van der Waals surface area contributed by atoms with Crippen molar-refractivity contribution in [1.82, 2.24) is 4.98 Å². The summed E-state index contributed by atoms with van der Waals surface area (Å²) in [6.45, 7) is 4.58. The Kier molecular flexibility index (Phi) is 5.32. The van der Waals surface area contributed by atoms with Crippen LogP contribution < -0.4 is 9.80 Å². The number of hydrogen-bond donors (Lipinski definition) is 0. The van der Waals surface area contributed by atoms with Crippen LogP contribution in [0.4, 0.5) is 17.1 Å². The number of rotatable bonds is 5. The molecule has 0 aliphatic heterocycles. The Hall–Kier alpha value is -3.14. The molecular formula is C22H23N3O. The van der Waals surface area contributed by atoms with E-state index in [1.807, 2.05) is 92.5 Å². The Morgan fingerprint density at radius 3 is 2.35 bits per heavy atom. The number of hydrogen-bond acceptors (Lipinski definition) is 3. The van der Waals surface area contributed by atoms with Gasteiger partial charge in [0.2, 0.25) is 0 Å². The van der Waals surface area contributed by atoms with E-state index >= 15 is 0 Å². The van der Waals surface area contributed by atoms with Crippen LogP contribution in [0.25, 0.3) is 0 Å². The van der Waals surface area contributed by atoms with Crippen LogP contribution in [0, 0.1) is 6.92 Å². The molecule has 1 heterocycles. The highest BCUT2D eigenvalue weighted by Crippen LogP contribution is 2.24. The fourth-order valence-corrected chi connectivity index (χ4v) is 2.92. The lowest BCUT2D eigenvalue weighted by atomic mass is 10.2. The third-order valence-electron chi connectivity index (χ3n) is 4.37. The van der Waals surface area contributed by atoms with Gasteiger partial charge in [0.1, 0.15) is 5.69 Å². The largest absolute Gasteiger partial charge is 0.345 e. The molecule has 3 rings (SSSR count). The van der Waals surface area contributed by atoms with E-state index in [0.29, 0.717) is 12.2 Å². The predicted octanol–water partition coefficient (Wildman–Crippen LogP) is 4.82. The van der Waals surface area contributed by atoms with Gasteiger partial charge < -0.3 is 9.80 Å². The van der Waals surface area contributed by atoms with Crippen LogP contribution in [0.1, 0.15) is 23.0 Å². The molecule has 0 fully saturated rings. The van der Waals surface area contributed by atoms with E-state index < -0.39 is 0 Å². The van der Waals surface area contributed by atoms with Crippen molar-refractivity contribution in [2.24, 2.45) is 0 Å². The molecule has 0 aliphatic rings. The minimum Gasteiger partial charge on any atom is -0.345 e. The minimum absolute atomic E-state index is 0.0959. The van der Waals surface area contributed by atoms with Crippen LogP contribution in [-0.4, -0.2) is 24.5 Å². The van der Waals surface area contributed by atoms with Crippen molar-refractivity contribution < 1.29 is 4.79 Å². The lowest BCUT2D eigenvalue weighted by Gasteiger charge is -2.23. The number of nitrogens with zero attached hydrogens (tertiary/aromatic N) is 3. The summed E-state index contributed by atoms with van der Waals surface area (Å²) >= 11 is 0. The summed E-state index contributed by atoms with van der Waals surface area (Å²) in [5.74, 6) is -0.0959. The van der Waals surface area contributed by atoms with Crippen LogP contribution in [-0.2, 0) is 0 Å². The van der Waals surface area contributed by atoms with Gasteiger partial charge in [0.15, 0.2) is 0 Å². The topological polar surface area (TPSA) is 36.4 Å². The SMILES string of the molecule is CCN(C(=O)c1cc(N(C)c2ccccc2)ccn1)c1cccc(C)c1. The maximum absolute atomic E-state index is 13.0. The number of amides is 1. The molecule has 0 N–H and O–H groups in total. The van der Waals surface area contributed by atoms with Crippen LogP contribution in [0.5, 0.6) is 0 Å². The van der Waals surface area contributed by atoms with Crippen molar-refractivity contribution >= 4 is 23.0 Å². The van der Waals surface area contributed by atoms with Crippen LogP contribution >= 0.6 is 0 Å². The second-order valence-corrected chi connectivity index (χ2v) is 6.18. The molecule has 0 aliphatic carbocycles. The molecule has 0 saturated heterocycles. The number of pyridine rings is 1. The molecule has 0 saturated carbocycles. The van der Waals surface area contributed by atoms with E-state index in [1.165, 1.54) is 0 Å². The van der Waals surface area contributed by atoms with E-state index in [2.05, 4.69) is 4.98 Å². The highest BCUT2D eigenvalue weighted by atomic mass is 16.2. The Bertz CT molecular complexity index is 893. The third kappa shape index (κ3) is 3.75. The molecule has 0 unspecified atom stereocenters. The van der Waals surface area contributed by atoms with Crippen molar-refractivity contribution in [3.8, 4) is 0 Å². The lowest BCUT2D eigenvalue weighted by molar-refractivity contribution is 0.0983. The molecule has 1 aromatic heterocycles. The molecule has 3 aromatic rings. The monoisotopic (exact) mass is 345 g/mol. The van der Waals surface area contributed by atoms with E-state index in [-0.39, 0.29) is 5.91 Å². The predicted molar refractivity (Wildman–Crippen MR) is 107 cm³/mol. The molecule has 132 valence electrons. The molecule has 2 aromatic carbocycles. The van der Waals surface area contributed by atoms with Gasteiger partial charge in [0, 0.05) is 36.9 Å². The molecule has 0 radical (unpaired) electrons. The maximum Gasteiger partial charge on any atom is 0.276 e. The van der Waals surface area contributed by atoms with Gasteiger partial charge in [-0.1, -0.05) is 30.3 Å². The van der Waals surface area contributed by atoms with Crippen molar-refractivity contribution in [2.45, 2.75) is 13.8 Å². The molecule has 0 spiro atoms. The van der Waals surface area contributed by atoms with Gasteiger partial charge in [0.05, 0.1) is 0 Å². The summed E-state index contributed by atoms with van der Waals surface area (Å²) in [6, 6.07) is 21.8. The summed E-state index contributed by atoms with van der Waals surface area (Å²) < 4.78 is 0. The summed E-state index contributed by atoms with van der Waals surface area (Å²) in [5, 5.41) is 0. The molecule has 4 heteroatoms. The smallest absolute Gasteiger partial charge is 0.276 e. The molecule has 4 nitrogen and oxygen atoms in total. The van der Waals surface area contributed by atoms with Crippen molar-refractivity contribution in [1.29, 1.82) is 0 Å². The van der Waals surface area contributed by atoms with Gasteiger partial charge in [-0.3, -0.25) is 9.78 Å². The molecule has 0 bridgehead atoms. The first-order valence-corrected chi connectivity index (χ1v) is 8.73. The van der Waals surface area contributed by atoms with E-state index in [0.717, 1.165) is 22.6 Å². The van der Waals surface area contributed by atoms with E-state index in [9.17, 15) is 4.79 Å². The van der Waals surface area contributed by atoms with Gasteiger partial charge >= 0.3 is 0 Å². The Balaban J connectivity index is 1.90. The van der Waals surface area contributed by atoms with Crippen LogP contribution in [0.3, 0.4) is 0 Å². The molecule has 1 amide bonds. The third-order valence-corrected chi connectivity index (χ3v) is 4.37. The fraction of sp³-hybridized carbons (Fsp3) is 0.182. The molecule has 26 heavy (non-hydrogen) atoms. The van der Waals surface area contributed by atoms with Crippen molar-refractivity contribution in [3.63, 3.8) is 0 Å². The zero-order chi connectivity index (χ0) is 18.5. The summed E-state index contributed by atoms with van der Waals surface area (Å²) in [6.07, 6.45) is 1.69. The standard InChI is InChI=1S/C22H23N3O/c1-4-25(20-12-8-9-17(2)15-20)22(26)21-16-19(13-14-23-21)24(3)18-10-6-5-7-11-18/h5-16H,4H2,1-3H3. The zero-order valence-corrected chi connectivity index (χ0v) is 15.4. The van der Waals surface area contributed by atoms with Crippen molar-refractivity contribution in [2.75, 3.05) is 23.4 Å². The number of aryl methyl sites for hydroxylation is 1. The minimum atomic E-state index is -0.0959. The second kappa shape index (κ2) is 7.83. The number of benzene rings is 2. The van der Waals surface area contributed by atoms with Gasteiger partial charge in [0.25, 0.3) is 5.91 Å². The fourth-order valence-electron chi connectivity index (χ4n) is 2.92. The summed E-state index contributed by atoms with van der Waals surface area (Å²) in [7, 11) is 1.98. The number of anilines is 3. The molecule has 0 atom stereocenters. The Morgan fingerprint density at radius 2 is 1.65 bits per heavy atom. The van der Waals surface area contributed by atoms with Gasteiger partial charge in [-0.2, -0.15) is 0 Å². The lowest BCUT2D eigenvalue weighted by Crippen LogP contribution is -2.31. The first-order chi connectivity index (χ1) is 12.6. The number of carbonyl (C=O) groups excluding carboxylic acids is 1. The normalized spacial score (nSPS) is 10.4. The summed E-state index contributed by atoms with van der Waals surface area (Å²) in [4.78, 5) is 21.2. The highest BCUT2D eigenvalue weighted by molar-refractivity contribution is 6.05. The number of carbonyl (C=O) groups is 1. The van der Waals surface area contributed by atoms with E-state index in [1.54, 1.807) is 11.1 Å². The first-order valence-electron chi connectivity index (χ1n) is 8.73. The van der Waals surface area contributed by atoms with Crippen molar-refractivity contribution in [3.05, 3.63) is 84.2 Å². The van der Waals surface area contributed by atoms with Crippen LogP contribution in [0.2, 0.25) is 0 Å². The molecular weight excluding hydrogens is 322 g/mol. The average Bonchev–Trinajstić information content (AvgIpc) is 2.69. The first kappa shape index (κ1) is 17.7. The quantitative estimate of drug-likeness (QED) is 0.665. The van der Waals surface area contributed by atoms with Gasteiger partial charge in [-0.05, 0) is 55.8 Å². The van der Waals surface area contributed by atoms with Gasteiger partial charge in [-0.15, -0.1) is 0 Å². The Labute approximate surface area is 154 Å². The van der Waals surface area contributed by atoms with Crippen LogP contribution in [0.15, 0.2) is 72.9 Å². The van der Waals surface area contributed by atoms with Gasteiger partial charge in [-0.25, -0.2) is 0 Å². The Morgan fingerprint density at radius 1 is 0.923 bits per heavy atom. The second-order valence-electron chi connectivity index (χ2n) is 6.18. The summed E-state index contributed by atoms with van der Waals surface area (Å²) in [5.41, 5.74) is 4.44.